The molecular weight excluding hydrogens is 436 g/mol. The van der Waals surface area contributed by atoms with Crippen LogP contribution in [0, 0.1) is 0 Å². The maximum atomic E-state index is 12.9. The predicted molar refractivity (Wildman–Crippen MR) is 133 cm³/mol. The summed E-state index contributed by atoms with van der Waals surface area (Å²) in [5, 5.41) is 2.97. The Labute approximate surface area is 196 Å². The zero-order valence-corrected chi connectivity index (χ0v) is 20.8. The van der Waals surface area contributed by atoms with Gasteiger partial charge in [0.25, 0.3) is 0 Å². The maximum Gasteiger partial charge on any atom is 0.243 e. The summed E-state index contributed by atoms with van der Waals surface area (Å²) in [6, 6.07) is 13.0. The molecule has 3 rings (SSSR count). The first kappa shape index (κ1) is 24.9. The minimum atomic E-state index is -3.55. The van der Waals surface area contributed by atoms with E-state index in [9.17, 15) is 13.2 Å². The fourth-order valence-electron chi connectivity index (χ4n) is 4.01. The van der Waals surface area contributed by atoms with E-state index in [4.69, 9.17) is 4.98 Å². The van der Waals surface area contributed by atoms with Crippen LogP contribution in [0.1, 0.15) is 51.9 Å². The van der Waals surface area contributed by atoms with E-state index in [1.807, 2.05) is 44.2 Å². The van der Waals surface area contributed by atoms with E-state index in [1.54, 1.807) is 12.1 Å². The number of aromatic nitrogens is 2. The second kappa shape index (κ2) is 10.9. The Bertz CT molecular complexity index is 1210. The molecule has 0 aliphatic heterocycles. The SMILES string of the molecule is CCCn1c(CCC(=O)Nc2cccc(CC)c2)nc2cc(S(=O)(=O)N(CC)CC)ccc21. The van der Waals surface area contributed by atoms with Crippen molar-refractivity contribution in [2.45, 2.75) is 64.8 Å². The second-order valence-corrected chi connectivity index (χ2v) is 9.96. The number of rotatable bonds is 11. The number of benzene rings is 2. The largest absolute Gasteiger partial charge is 0.328 e. The minimum Gasteiger partial charge on any atom is -0.328 e. The van der Waals surface area contributed by atoms with Gasteiger partial charge in [0.15, 0.2) is 0 Å². The molecule has 0 saturated heterocycles. The monoisotopic (exact) mass is 470 g/mol. The highest BCUT2D eigenvalue weighted by Gasteiger charge is 2.23. The molecule has 2 aromatic carbocycles. The smallest absolute Gasteiger partial charge is 0.243 e. The average Bonchev–Trinajstić information content (AvgIpc) is 3.15. The van der Waals surface area contributed by atoms with Crippen LogP contribution in [0.25, 0.3) is 11.0 Å². The zero-order valence-electron chi connectivity index (χ0n) is 20.0. The first-order valence-electron chi connectivity index (χ1n) is 11.7. The van der Waals surface area contributed by atoms with Crippen LogP contribution < -0.4 is 5.32 Å². The molecule has 8 heteroatoms. The Morgan fingerprint density at radius 2 is 1.82 bits per heavy atom. The number of hydrogen-bond acceptors (Lipinski definition) is 4. The number of carbonyl (C=O) groups is 1. The van der Waals surface area contributed by atoms with Gasteiger partial charge in [-0.3, -0.25) is 4.79 Å². The van der Waals surface area contributed by atoms with Gasteiger partial charge in [-0.1, -0.05) is 39.8 Å². The number of hydrogen-bond donors (Lipinski definition) is 1. The number of carbonyl (C=O) groups excluding carboxylic acids is 1. The molecule has 7 nitrogen and oxygen atoms in total. The van der Waals surface area contributed by atoms with Gasteiger partial charge >= 0.3 is 0 Å². The van der Waals surface area contributed by atoms with E-state index >= 15 is 0 Å². The molecule has 0 spiro atoms. The van der Waals surface area contributed by atoms with Crippen molar-refractivity contribution >= 4 is 32.7 Å². The van der Waals surface area contributed by atoms with Crippen molar-refractivity contribution in [2.75, 3.05) is 18.4 Å². The minimum absolute atomic E-state index is 0.0665. The van der Waals surface area contributed by atoms with Gasteiger partial charge in [-0.15, -0.1) is 0 Å². The second-order valence-electron chi connectivity index (χ2n) is 8.02. The van der Waals surface area contributed by atoms with Crippen LogP contribution >= 0.6 is 0 Å². The topological polar surface area (TPSA) is 84.3 Å². The van der Waals surface area contributed by atoms with E-state index < -0.39 is 10.0 Å². The molecule has 1 aromatic heterocycles. The lowest BCUT2D eigenvalue weighted by Gasteiger charge is -2.18. The number of aryl methyl sites for hydroxylation is 3. The van der Waals surface area contributed by atoms with Crippen molar-refractivity contribution in [2.24, 2.45) is 0 Å². The van der Waals surface area contributed by atoms with Crippen LogP contribution in [-0.2, 0) is 34.2 Å². The van der Waals surface area contributed by atoms with Gasteiger partial charge in [0, 0.05) is 38.2 Å². The van der Waals surface area contributed by atoms with Crippen molar-refractivity contribution in [3.05, 3.63) is 53.9 Å². The van der Waals surface area contributed by atoms with E-state index in [2.05, 4.69) is 23.7 Å². The van der Waals surface area contributed by atoms with Gasteiger partial charge in [0.05, 0.1) is 15.9 Å². The Balaban J connectivity index is 1.83. The molecule has 1 N–H and O–H groups in total. The van der Waals surface area contributed by atoms with Gasteiger partial charge in [-0.05, 0) is 48.7 Å². The van der Waals surface area contributed by atoms with E-state index in [1.165, 1.54) is 9.87 Å². The lowest BCUT2D eigenvalue weighted by molar-refractivity contribution is -0.116. The average molecular weight is 471 g/mol. The van der Waals surface area contributed by atoms with Crippen molar-refractivity contribution in [1.29, 1.82) is 0 Å². The summed E-state index contributed by atoms with van der Waals surface area (Å²) in [6.45, 7) is 9.42. The molecule has 1 amide bonds. The van der Waals surface area contributed by atoms with Crippen LogP contribution in [0.4, 0.5) is 5.69 Å². The number of fused-ring (bicyclic) bond motifs is 1. The number of nitrogens with one attached hydrogen (secondary N) is 1. The molecule has 0 fully saturated rings. The Kier molecular flexibility index (Phi) is 8.26. The molecule has 0 unspecified atom stereocenters. The molecule has 0 bridgehead atoms. The van der Waals surface area contributed by atoms with Crippen LogP contribution in [0.3, 0.4) is 0 Å². The molecule has 178 valence electrons. The van der Waals surface area contributed by atoms with Gasteiger partial charge < -0.3 is 9.88 Å². The standard InChI is InChI=1S/C25H34N4O3S/c1-5-16-29-23-13-12-21(33(31,32)28(7-3)8-4)18-22(23)27-24(29)14-15-25(30)26-20-11-9-10-19(6-2)17-20/h9-13,17-18H,5-8,14-16H2,1-4H3,(H,26,30). The van der Waals surface area contributed by atoms with Crippen molar-refractivity contribution in [3.8, 4) is 0 Å². The van der Waals surface area contributed by atoms with Crippen LogP contribution in [0.5, 0.6) is 0 Å². The number of sulfonamides is 1. The van der Waals surface area contributed by atoms with E-state index in [-0.39, 0.29) is 10.8 Å². The number of nitrogens with zero attached hydrogens (tertiary/aromatic N) is 3. The van der Waals surface area contributed by atoms with E-state index in [0.29, 0.717) is 31.4 Å². The van der Waals surface area contributed by atoms with Gasteiger partial charge in [0.1, 0.15) is 5.82 Å². The van der Waals surface area contributed by atoms with Crippen molar-refractivity contribution in [3.63, 3.8) is 0 Å². The summed E-state index contributed by atoms with van der Waals surface area (Å²) >= 11 is 0. The zero-order chi connectivity index (χ0) is 24.0. The van der Waals surface area contributed by atoms with E-state index in [0.717, 1.165) is 36.4 Å². The third kappa shape index (κ3) is 5.62. The molecule has 1 heterocycles. The number of amides is 1. The maximum absolute atomic E-state index is 12.9. The first-order valence-corrected chi connectivity index (χ1v) is 13.2. The van der Waals surface area contributed by atoms with Crippen LogP contribution in [-0.4, -0.2) is 41.3 Å². The molecular formula is C25H34N4O3S. The fourth-order valence-corrected chi connectivity index (χ4v) is 5.49. The summed E-state index contributed by atoms with van der Waals surface area (Å²) in [7, 11) is -3.55. The first-order chi connectivity index (χ1) is 15.8. The Morgan fingerprint density at radius 1 is 1.06 bits per heavy atom. The third-order valence-corrected chi connectivity index (χ3v) is 7.83. The normalized spacial score (nSPS) is 11.9. The van der Waals surface area contributed by atoms with Crippen molar-refractivity contribution < 1.29 is 13.2 Å². The highest BCUT2D eigenvalue weighted by Crippen LogP contribution is 2.24. The summed E-state index contributed by atoms with van der Waals surface area (Å²) in [5.74, 6) is 0.727. The molecule has 0 aliphatic carbocycles. The lowest BCUT2D eigenvalue weighted by Crippen LogP contribution is -2.30. The van der Waals surface area contributed by atoms with Crippen molar-refractivity contribution in [1.82, 2.24) is 13.9 Å². The van der Waals surface area contributed by atoms with Crippen LogP contribution in [0.2, 0.25) is 0 Å². The summed E-state index contributed by atoms with van der Waals surface area (Å²) in [6.07, 6.45) is 2.60. The summed E-state index contributed by atoms with van der Waals surface area (Å²) in [5.41, 5.74) is 3.50. The molecule has 0 radical (unpaired) electrons. The van der Waals surface area contributed by atoms with Gasteiger partial charge in [-0.25, -0.2) is 13.4 Å². The third-order valence-electron chi connectivity index (χ3n) is 5.78. The lowest BCUT2D eigenvalue weighted by atomic mass is 10.1. The number of imidazole rings is 1. The highest BCUT2D eigenvalue weighted by atomic mass is 32.2. The Morgan fingerprint density at radius 3 is 2.48 bits per heavy atom. The molecule has 0 atom stereocenters. The molecule has 33 heavy (non-hydrogen) atoms. The quantitative estimate of drug-likeness (QED) is 0.443. The predicted octanol–water partition coefficient (Wildman–Crippen LogP) is 4.61. The Hall–Kier alpha value is -2.71. The summed E-state index contributed by atoms with van der Waals surface area (Å²) < 4.78 is 29.4. The fraction of sp³-hybridized carbons (Fsp3) is 0.440. The molecule has 0 saturated carbocycles. The van der Waals surface area contributed by atoms with Gasteiger partial charge in [-0.2, -0.15) is 4.31 Å². The molecule has 0 aliphatic rings. The molecule has 3 aromatic rings. The number of anilines is 1. The van der Waals surface area contributed by atoms with Gasteiger partial charge in [0.2, 0.25) is 15.9 Å². The van der Waals surface area contributed by atoms with Crippen LogP contribution in [0.15, 0.2) is 47.4 Å². The highest BCUT2D eigenvalue weighted by molar-refractivity contribution is 7.89. The summed E-state index contributed by atoms with van der Waals surface area (Å²) in [4.78, 5) is 17.5.